The van der Waals surface area contributed by atoms with Crippen LogP contribution in [0, 0.1) is 12.8 Å². The first-order valence-electron chi connectivity index (χ1n) is 8.39. The van der Waals surface area contributed by atoms with Gasteiger partial charge in [0.15, 0.2) is 0 Å². The molecule has 0 atom stereocenters. The first-order chi connectivity index (χ1) is 11.6. The summed E-state index contributed by atoms with van der Waals surface area (Å²) >= 11 is 0. The second kappa shape index (κ2) is 8.87. The van der Waals surface area contributed by atoms with Gasteiger partial charge in [0, 0.05) is 32.6 Å². The van der Waals surface area contributed by atoms with E-state index in [9.17, 15) is 4.79 Å². The third-order valence-electron chi connectivity index (χ3n) is 4.10. The smallest absolute Gasteiger partial charge is 0.223 e. The largest absolute Gasteiger partial charge is 0.439 e. The summed E-state index contributed by atoms with van der Waals surface area (Å²) in [5.74, 6) is 1.98. The van der Waals surface area contributed by atoms with Gasteiger partial charge in [-0.3, -0.25) is 4.79 Å². The number of ether oxygens (including phenoxy) is 1. The van der Waals surface area contributed by atoms with Crippen LogP contribution in [-0.2, 0) is 18.4 Å². The summed E-state index contributed by atoms with van der Waals surface area (Å²) in [6, 6.07) is 9.69. The molecular formula is C18H25ClN4O2. The summed E-state index contributed by atoms with van der Waals surface area (Å²) < 4.78 is 7.74. The van der Waals surface area contributed by atoms with Crippen molar-refractivity contribution >= 4 is 18.3 Å². The summed E-state index contributed by atoms with van der Waals surface area (Å²) in [5, 5.41) is 10.7. The molecule has 1 aromatic heterocycles. The topological polar surface area (TPSA) is 68.2 Å². The van der Waals surface area contributed by atoms with Crippen LogP contribution >= 0.6 is 12.4 Å². The number of rotatable bonds is 8. The lowest BCUT2D eigenvalue weighted by Crippen LogP contribution is -2.32. The van der Waals surface area contributed by atoms with Crippen molar-refractivity contribution in [2.45, 2.75) is 26.3 Å². The van der Waals surface area contributed by atoms with E-state index in [4.69, 9.17) is 4.74 Å². The van der Waals surface area contributed by atoms with Gasteiger partial charge in [0.25, 0.3) is 0 Å². The number of nitrogens with zero attached hydrogens (tertiary/aromatic N) is 2. The summed E-state index contributed by atoms with van der Waals surface area (Å²) in [5.41, 5.74) is 1.98. The maximum absolute atomic E-state index is 11.6. The zero-order valence-electron chi connectivity index (χ0n) is 14.6. The highest BCUT2D eigenvalue weighted by Gasteiger charge is 2.28. The van der Waals surface area contributed by atoms with Gasteiger partial charge in [-0.1, -0.05) is 18.2 Å². The van der Waals surface area contributed by atoms with Crippen LogP contribution in [0.3, 0.4) is 0 Å². The van der Waals surface area contributed by atoms with Crippen LogP contribution in [0.4, 0.5) is 0 Å². The number of carbonyl (C=O) groups is 1. The Morgan fingerprint density at radius 3 is 2.68 bits per heavy atom. The fourth-order valence-corrected chi connectivity index (χ4v) is 2.59. The molecule has 136 valence electrons. The van der Waals surface area contributed by atoms with Crippen LogP contribution in [0.1, 0.15) is 24.1 Å². The van der Waals surface area contributed by atoms with Crippen molar-refractivity contribution in [1.82, 2.24) is 20.4 Å². The van der Waals surface area contributed by atoms with Crippen LogP contribution < -0.4 is 15.4 Å². The second-order valence-electron chi connectivity index (χ2n) is 6.15. The highest BCUT2D eigenvalue weighted by Crippen LogP contribution is 2.28. The molecule has 0 spiro atoms. The number of benzene rings is 1. The van der Waals surface area contributed by atoms with Crippen molar-refractivity contribution < 1.29 is 9.53 Å². The molecule has 1 fully saturated rings. The molecule has 0 bridgehead atoms. The van der Waals surface area contributed by atoms with Crippen LogP contribution in [0.2, 0.25) is 0 Å². The fraction of sp³-hybridized carbons (Fsp3) is 0.444. The molecule has 0 aliphatic heterocycles. The molecule has 1 amide bonds. The minimum Gasteiger partial charge on any atom is -0.439 e. The van der Waals surface area contributed by atoms with Crippen LogP contribution in [0.25, 0.3) is 0 Å². The van der Waals surface area contributed by atoms with Crippen molar-refractivity contribution in [3.63, 3.8) is 0 Å². The number of aryl methyl sites for hydroxylation is 2. The Labute approximate surface area is 154 Å². The summed E-state index contributed by atoms with van der Waals surface area (Å²) in [6.45, 7) is 3.99. The first kappa shape index (κ1) is 19.3. The predicted octanol–water partition coefficient (Wildman–Crippen LogP) is 2.56. The van der Waals surface area contributed by atoms with Gasteiger partial charge in [0.05, 0.1) is 11.3 Å². The van der Waals surface area contributed by atoms with Crippen molar-refractivity contribution in [1.29, 1.82) is 0 Å². The van der Waals surface area contributed by atoms with E-state index in [1.165, 1.54) is 0 Å². The van der Waals surface area contributed by atoms with E-state index < -0.39 is 0 Å². The Bertz CT molecular complexity index is 699. The normalized spacial score (nSPS) is 13.2. The number of hydrogen-bond acceptors (Lipinski definition) is 4. The fourth-order valence-electron chi connectivity index (χ4n) is 2.59. The zero-order valence-corrected chi connectivity index (χ0v) is 15.4. The Hall–Kier alpha value is -2.05. The lowest BCUT2D eigenvalue weighted by atomic mass is 10.2. The van der Waals surface area contributed by atoms with Crippen molar-refractivity contribution in [3.8, 4) is 11.6 Å². The third-order valence-corrected chi connectivity index (χ3v) is 4.10. The molecule has 7 heteroatoms. The molecule has 1 aliphatic carbocycles. The molecule has 1 aliphatic rings. The van der Waals surface area contributed by atoms with Gasteiger partial charge in [-0.15, -0.1) is 12.4 Å². The SMILES string of the molecule is Cc1nn(C)c(Oc2ccccc2)c1CNCCNC(=O)C1CC1.Cl. The van der Waals surface area contributed by atoms with Gasteiger partial charge in [-0.25, -0.2) is 4.68 Å². The summed E-state index contributed by atoms with van der Waals surface area (Å²) in [4.78, 5) is 11.6. The lowest BCUT2D eigenvalue weighted by molar-refractivity contribution is -0.122. The van der Waals surface area contributed by atoms with Gasteiger partial charge in [-0.05, 0) is 31.9 Å². The van der Waals surface area contributed by atoms with Gasteiger partial charge < -0.3 is 15.4 Å². The first-order valence-corrected chi connectivity index (χ1v) is 8.39. The minimum atomic E-state index is 0. The Morgan fingerprint density at radius 1 is 1.28 bits per heavy atom. The molecule has 0 radical (unpaired) electrons. The summed E-state index contributed by atoms with van der Waals surface area (Å²) in [7, 11) is 1.88. The Kier molecular flexibility index (Phi) is 6.84. The van der Waals surface area contributed by atoms with E-state index in [-0.39, 0.29) is 24.2 Å². The van der Waals surface area contributed by atoms with Crippen LogP contribution in [-0.4, -0.2) is 28.8 Å². The maximum Gasteiger partial charge on any atom is 0.223 e. The van der Waals surface area contributed by atoms with Crippen molar-refractivity contribution in [3.05, 3.63) is 41.6 Å². The maximum atomic E-state index is 11.6. The van der Waals surface area contributed by atoms with E-state index in [2.05, 4.69) is 15.7 Å². The van der Waals surface area contributed by atoms with E-state index >= 15 is 0 Å². The minimum absolute atomic E-state index is 0. The number of aromatic nitrogens is 2. The van der Waals surface area contributed by atoms with E-state index in [0.29, 0.717) is 13.1 Å². The molecule has 1 heterocycles. The molecule has 2 aromatic rings. The second-order valence-corrected chi connectivity index (χ2v) is 6.15. The number of amides is 1. The monoisotopic (exact) mass is 364 g/mol. The number of hydrogen-bond donors (Lipinski definition) is 2. The van der Waals surface area contributed by atoms with E-state index in [1.807, 2.05) is 44.3 Å². The summed E-state index contributed by atoms with van der Waals surface area (Å²) in [6.07, 6.45) is 2.07. The molecule has 0 unspecified atom stereocenters. The van der Waals surface area contributed by atoms with Crippen LogP contribution in [0.5, 0.6) is 11.6 Å². The van der Waals surface area contributed by atoms with Crippen molar-refractivity contribution in [2.24, 2.45) is 13.0 Å². The lowest BCUT2D eigenvalue weighted by Gasteiger charge is -2.10. The molecule has 2 N–H and O–H groups in total. The van der Waals surface area contributed by atoms with E-state index in [1.54, 1.807) is 4.68 Å². The number of carbonyl (C=O) groups excluding carboxylic acids is 1. The molecule has 6 nitrogen and oxygen atoms in total. The highest BCUT2D eigenvalue weighted by molar-refractivity contribution is 5.85. The van der Waals surface area contributed by atoms with E-state index in [0.717, 1.165) is 42.3 Å². The number of nitrogens with one attached hydrogen (secondary N) is 2. The molecule has 3 rings (SSSR count). The van der Waals surface area contributed by atoms with Crippen molar-refractivity contribution in [2.75, 3.05) is 13.1 Å². The van der Waals surface area contributed by atoms with Gasteiger partial charge in [0.1, 0.15) is 5.75 Å². The zero-order chi connectivity index (χ0) is 16.9. The van der Waals surface area contributed by atoms with Gasteiger partial charge in [0.2, 0.25) is 11.8 Å². The molecular weight excluding hydrogens is 340 g/mol. The van der Waals surface area contributed by atoms with Gasteiger partial charge >= 0.3 is 0 Å². The molecule has 0 saturated heterocycles. The molecule has 1 saturated carbocycles. The predicted molar refractivity (Wildman–Crippen MR) is 99.1 cm³/mol. The highest BCUT2D eigenvalue weighted by atomic mass is 35.5. The third kappa shape index (κ3) is 5.21. The number of halogens is 1. The average molecular weight is 365 g/mol. The molecule has 1 aromatic carbocycles. The molecule has 25 heavy (non-hydrogen) atoms. The Morgan fingerprint density at radius 2 is 2.00 bits per heavy atom. The average Bonchev–Trinajstić information content (AvgIpc) is 3.38. The Balaban J connectivity index is 0.00000225. The standard InChI is InChI=1S/C18H24N4O2.ClH/c1-13-16(12-19-10-11-20-17(23)14-8-9-14)18(22(2)21-13)24-15-6-4-3-5-7-15;/h3-7,14,19H,8-12H2,1-2H3,(H,20,23);1H. The quantitative estimate of drug-likeness (QED) is 0.706. The van der Waals surface area contributed by atoms with Crippen LogP contribution in [0.15, 0.2) is 30.3 Å². The van der Waals surface area contributed by atoms with Gasteiger partial charge in [-0.2, -0.15) is 5.10 Å². The number of para-hydroxylation sites is 1.